The lowest BCUT2D eigenvalue weighted by Gasteiger charge is -2.10. The van der Waals surface area contributed by atoms with Crippen molar-refractivity contribution >= 4 is 34.8 Å². The predicted molar refractivity (Wildman–Crippen MR) is 132 cm³/mol. The normalized spacial score (nSPS) is 11.1. The fraction of sp³-hybridized carbons (Fsp3) is 0.120. The number of para-hydroxylation sites is 2. The van der Waals surface area contributed by atoms with E-state index in [0.717, 1.165) is 39.4 Å². The molecule has 0 aliphatic carbocycles. The van der Waals surface area contributed by atoms with Gasteiger partial charge in [-0.25, -0.2) is 4.98 Å². The van der Waals surface area contributed by atoms with E-state index >= 15 is 0 Å². The molecule has 2 N–H and O–H groups in total. The Morgan fingerprint density at radius 3 is 2.70 bits per heavy atom. The molecule has 0 unspecified atom stereocenters. The van der Waals surface area contributed by atoms with Crippen LogP contribution in [0.1, 0.15) is 12.0 Å². The Labute approximate surface area is 195 Å². The molecule has 0 aliphatic heterocycles. The van der Waals surface area contributed by atoms with Crippen LogP contribution in [0.15, 0.2) is 79.1 Å². The fourth-order valence-electron chi connectivity index (χ4n) is 3.84. The van der Waals surface area contributed by atoms with Gasteiger partial charge in [-0.15, -0.1) is 0 Å². The molecule has 1 amide bonds. The predicted octanol–water partition coefficient (Wildman–Crippen LogP) is 5.28. The van der Waals surface area contributed by atoms with E-state index in [0.29, 0.717) is 11.3 Å². The first-order valence-corrected chi connectivity index (χ1v) is 11.0. The highest BCUT2D eigenvalue weighted by Gasteiger charge is 2.11. The zero-order chi connectivity index (χ0) is 22.8. The lowest BCUT2D eigenvalue weighted by atomic mass is 10.1. The number of fused-ring (bicyclic) bond motifs is 1. The standard InChI is InChI=1S/C25H22N6OS/c1-17-5-4-6-18(15-17)24-28-29-25(33)30(24)14-13-23(32)27-19-9-11-20(12-10-19)31-16-26-21-7-2-3-8-22(21)31/h2-12,15-16H,13-14H2,1H3,(H,27,32)(H,29,33). The van der Waals surface area contributed by atoms with Crippen molar-refractivity contribution in [2.45, 2.75) is 19.9 Å². The first-order chi connectivity index (χ1) is 16.1. The minimum atomic E-state index is -0.0888. The Morgan fingerprint density at radius 2 is 1.88 bits per heavy atom. The van der Waals surface area contributed by atoms with E-state index in [1.807, 2.05) is 88.9 Å². The number of hydrogen-bond acceptors (Lipinski definition) is 4. The van der Waals surface area contributed by atoms with Gasteiger partial charge in [-0.05, 0) is 61.6 Å². The van der Waals surface area contributed by atoms with Gasteiger partial charge in [0.2, 0.25) is 5.91 Å². The third kappa shape index (κ3) is 4.33. The Hall–Kier alpha value is -4.04. The van der Waals surface area contributed by atoms with Gasteiger partial charge in [-0.3, -0.25) is 19.0 Å². The Morgan fingerprint density at radius 1 is 1.06 bits per heavy atom. The molecule has 0 saturated carbocycles. The highest BCUT2D eigenvalue weighted by molar-refractivity contribution is 7.71. The maximum absolute atomic E-state index is 12.6. The van der Waals surface area contributed by atoms with E-state index in [1.165, 1.54) is 0 Å². The van der Waals surface area contributed by atoms with E-state index in [2.05, 4.69) is 20.5 Å². The number of amides is 1. The Balaban J connectivity index is 1.26. The number of carbonyl (C=O) groups is 1. The number of benzene rings is 3. The largest absolute Gasteiger partial charge is 0.326 e. The van der Waals surface area contributed by atoms with Gasteiger partial charge >= 0.3 is 0 Å². The highest BCUT2D eigenvalue weighted by Crippen LogP contribution is 2.21. The van der Waals surface area contributed by atoms with Gasteiger partial charge in [0.25, 0.3) is 0 Å². The third-order valence-corrected chi connectivity index (χ3v) is 5.79. The van der Waals surface area contributed by atoms with E-state index in [4.69, 9.17) is 12.2 Å². The number of aromatic nitrogens is 5. The average Bonchev–Trinajstić information content (AvgIpc) is 3.42. The summed E-state index contributed by atoms with van der Waals surface area (Å²) in [6.45, 7) is 2.46. The summed E-state index contributed by atoms with van der Waals surface area (Å²) in [7, 11) is 0. The molecule has 3 aromatic carbocycles. The van der Waals surface area contributed by atoms with Crippen molar-refractivity contribution in [3.8, 4) is 17.1 Å². The highest BCUT2D eigenvalue weighted by atomic mass is 32.1. The molecule has 0 saturated heterocycles. The van der Waals surface area contributed by atoms with Gasteiger partial charge in [0, 0.05) is 29.9 Å². The molecule has 2 heterocycles. The second-order valence-electron chi connectivity index (χ2n) is 7.82. The van der Waals surface area contributed by atoms with E-state index in [1.54, 1.807) is 6.33 Å². The average molecular weight is 455 g/mol. The van der Waals surface area contributed by atoms with E-state index in [-0.39, 0.29) is 12.3 Å². The summed E-state index contributed by atoms with van der Waals surface area (Å²) >= 11 is 5.38. The molecule has 5 aromatic rings. The Kier molecular flexibility index (Phi) is 5.58. The summed E-state index contributed by atoms with van der Waals surface area (Å²) in [5.74, 6) is 0.641. The first kappa shape index (κ1) is 20.8. The first-order valence-electron chi connectivity index (χ1n) is 10.6. The summed E-state index contributed by atoms with van der Waals surface area (Å²) < 4.78 is 4.38. The van der Waals surface area contributed by atoms with Crippen LogP contribution in [0.2, 0.25) is 0 Å². The maximum Gasteiger partial charge on any atom is 0.226 e. The van der Waals surface area contributed by atoms with Crippen molar-refractivity contribution < 1.29 is 4.79 Å². The summed E-state index contributed by atoms with van der Waals surface area (Å²) in [5, 5.41) is 10.1. The molecule has 164 valence electrons. The fourth-order valence-corrected chi connectivity index (χ4v) is 4.06. The van der Waals surface area contributed by atoms with Gasteiger partial charge in [-0.1, -0.05) is 35.9 Å². The van der Waals surface area contributed by atoms with Crippen LogP contribution >= 0.6 is 12.2 Å². The van der Waals surface area contributed by atoms with Crippen LogP contribution in [-0.4, -0.2) is 30.2 Å². The molecule has 0 radical (unpaired) electrons. The molecule has 33 heavy (non-hydrogen) atoms. The molecule has 0 fully saturated rings. The monoisotopic (exact) mass is 454 g/mol. The van der Waals surface area contributed by atoms with Crippen molar-refractivity contribution in [1.82, 2.24) is 24.3 Å². The van der Waals surface area contributed by atoms with Crippen LogP contribution < -0.4 is 5.32 Å². The lowest BCUT2D eigenvalue weighted by molar-refractivity contribution is -0.116. The number of rotatable bonds is 6. The Bertz CT molecular complexity index is 1500. The topological polar surface area (TPSA) is 80.5 Å². The van der Waals surface area contributed by atoms with Gasteiger partial charge < -0.3 is 5.32 Å². The molecule has 0 bridgehead atoms. The molecule has 5 rings (SSSR count). The summed E-state index contributed by atoms with van der Waals surface area (Å²) in [5.41, 5.74) is 5.80. The second-order valence-corrected chi connectivity index (χ2v) is 8.21. The minimum Gasteiger partial charge on any atom is -0.326 e. The number of aryl methyl sites for hydroxylation is 1. The smallest absolute Gasteiger partial charge is 0.226 e. The maximum atomic E-state index is 12.6. The molecule has 8 heteroatoms. The van der Waals surface area contributed by atoms with Crippen LogP contribution in [0.3, 0.4) is 0 Å². The number of anilines is 1. The number of carbonyl (C=O) groups excluding carboxylic acids is 1. The van der Waals surface area contributed by atoms with Crippen LogP contribution in [0, 0.1) is 11.7 Å². The molecule has 0 spiro atoms. The number of H-pyrrole nitrogens is 1. The number of nitrogens with zero attached hydrogens (tertiary/aromatic N) is 4. The van der Waals surface area contributed by atoms with Gasteiger partial charge in [-0.2, -0.15) is 5.10 Å². The van der Waals surface area contributed by atoms with Crippen molar-refractivity contribution in [1.29, 1.82) is 0 Å². The van der Waals surface area contributed by atoms with Gasteiger partial charge in [0.05, 0.1) is 11.0 Å². The minimum absolute atomic E-state index is 0.0888. The van der Waals surface area contributed by atoms with E-state index in [9.17, 15) is 4.79 Å². The molecular weight excluding hydrogens is 432 g/mol. The van der Waals surface area contributed by atoms with Gasteiger partial charge in [0.15, 0.2) is 10.6 Å². The lowest BCUT2D eigenvalue weighted by Crippen LogP contribution is -2.15. The SMILES string of the molecule is Cc1cccc(-c2n[nH]c(=S)n2CCC(=O)Nc2ccc(-n3cnc4ccccc43)cc2)c1. The van der Waals surface area contributed by atoms with E-state index < -0.39 is 0 Å². The zero-order valence-corrected chi connectivity index (χ0v) is 18.8. The third-order valence-electron chi connectivity index (χ3n) is 5.48. The second kappa shape index (κ2) is 8.84. The summed E-state index contributed by atoms with van der Waals surface area (Å²) in [6.07, 6.45) is 2.08. The molecule has 0 aliphatic rings. The van der Waals surface area contributed by atoms with Gasteiger partial charge in [0.1, 0.15) is 6.33 Å². The number of aromatic amines is 1. The summed E-state index contributed by atoms with van der Waals surface area (Å²) in [4.78, 5) is 17.0. The van der Waals surface area contributed by atoms with Crippen LogP contribution in [0.5, 0.6) is 0 Å². The number of imidazole rings is 1. The van der Waals surface area contributed by atoms with Crippen molar-refractivity contribution in [2.75, 3.05) is 5.32 Å². The zero-order valence-electron chi connectivity index (χ0n) is 18.0. The quantitative estimate of drug-likeness (QED) is 0.342. The van der Waals surface area contributed by atoms with Crippen molar-refractivity contribution in [2.24, 2.45) is 0 Å². The molecule has 2 aromatic heterocycles. The van der Waals surface area contributed by atoms with Crippen molar-refractivity contribution in [3.05, 3.63) is 89.5 Å². The molecular formula is C25H22N6OS. The van der Waals surface area contributed by atoms with Crippen LogP contribution in [0.4, 0.5) is 5.69 Å². The molecule has 0 atom stereocenters. The summed E-state index contributed by atoms with van der Waals surface area (Å²) in [6, 6.07) is 23.7. The number of hydrogen-bond donors (Lipinski definition) is 2. The van der Waals surface area contributed by atoms with Crippen molar-refractivity contribution in [3.63, 3.8) is 0 Å². The molecule has 7 nitrogen and oxygen atoms in total. The van der Waals surface area contributed by atoms with Crippen LogP contribution in [0.25, 0.3) is 28.1 Å². The number of nitrogens with one attached hydrogen (secondary N) is 2. The van der Waals surface area contributed by atoms with Crippen LogP contribution in [-0.2, 0) is 11.3 Å².